The zero-order valence-corrected chi connectivity index (χ0v) is 5.80. The number of epoxide rings is 1. The Morgan fingerprint density at radius 1 is 1.70 bits per heavy atom. The molecule has 1 aliphatic carbocycles. The topological polar surface area (TPSA) is 55.6 Å². The second kappa shape index (κ2) is 1.72. The first-order chi connectivity index (χ1) is 4.72. The zero-order chi connectivity index (χ0) is 7.19. The van der Waals surface area contributed by atoms with E-state index in [4.69, 9.17) is 10.5 Å². The van der Waals surface area contributed by atoms with Crippen LogP contribution in [0.15, 0.2) is 0 Å². The highest BCUT2D eigenvalue weighted by Crippen LogP contribution is 2.45. The molecule has 1 saturated heterocycles. The van der Waals surface area contributed by atoms with E-state index in [1.165, 1.54) is 0 Å². The van der Waals surface area contributed by atoms with Gasteiger partial charge in [-0.05, 0) is 19.3 Å². The first-order valence-corrected chi connectivity index (χ1v) is 3.65. The van der Waals surface area contributed by atoms with Gasteiger partial charge in [0.05, 0.1) is 12.2 Å². The number of hydrogen-bond donors (Lipinski definition) is 1. The SMILES string of the molecule is NC(=O)C1CCC2(CO2)C1. The van der Waals surface area contributed by atoms with Gasteiger partial charge in [-0.25, -0.2) is 0 Å². The summed E-state index contributed by atoms with van der Waals surface area (Å²) in [5.74, 6) is -0.0742. The molecule has 1 aliphatic heterocycles. The highest BCUT2D eigenvalue weighted by molar-refractivity contribution is 5.77. The second-order valence-corrected chi connectivity index (χ2v) is 3.31. The molecular formula is C7H11NO2. The Kier molecular flexibility index (Phi) is 1.06. The lowest BCUT2D eigenvalue weighted by atomic mass is 10.1. The third kappa shape index (κ3) is 0.814. The summed E-state index contributed by atoms with van der Waals surface area (Å²) in [6.07, 6.45) is 2.82. The minimum absolute atomic E-state index is 0.0856. The van der Waals surface area contributed by atoms with Crippen molar-refractivity contribution in [2.75, 3.05) is 6.61 Å². The molecule has 2 unspecified atom stereocenters. The molecule has 3 nitrogen and oxygen atoms in total. The Morgan fingerprint density at radius 3 is 2.70 bits per heavy atom. The summed E-state index contributed by atoms with van der Waals surface area (Å²) in [6.45, 7) is 0.844. The molecule has 2 fully saturated rings. The van der Waals surface area contributed by atoms with E-state index in [9.17, 15) is 4.79 Å². The van der Waals surface area contributed by atoms with Crippen molar-refractivity contribution in [1.29, 1.82) is 0 Å². The minimum Gasteiger partial charge on any atom is -0.370 e. The van der Waals surface area contributed by atoms with Crippen LogP contribution in [0.4, 0.5) is 0 Å². The van der Waals surface area contributed by atoms with Gasteiger partial charge in [-0.15, -0.1) is 0 Å². The standard InChI is InChI=1S/C7H11NO2/c8-6(9)5-1-2-7(3-5)4-10-7/h5H,1-4H2,(H2,8,9). The lowest BCUT2D eigenvalue weighted by Crippen LogP contribution is -2.21. The number of nitrogens with two attached hydrogens (primary N) is 1. The number of primary amides is 1. The maximum Gasteiger partial charge on any atom is 0.220 e. The van der Waals surface area contributed by atoms with Crippen LogP contribution in [0.3, 0.4) is 0 Å². The largest absolute Gasteiger partial charge is 0.370 e. The summed E-state index contributed by atoms with van der Waals surface area (Å²) >= 11 is 0. The molecule has 1 saturated carbocycles. The van der Waals surface area contributed by atoms with Crippen molar-refractivity contribution in [1.82, 2.24) is 0 Å². The smallest absolute Gasteiger partial charge is 0.220 e. The number of ether oxygens (including phenoxy) is 1. The molecule has 1 amide bonds. The van der Waals surface area contributed by atoms with Crippen molar-refractivity contribution in [3.8, 4) is 0 Å². The highest BCUT2D eigenvalue weighted by atomic mass is 16.6. The van der Waals surface area contributed by atoms with E-state index in [2.05, 4.69) is 0 Å². The monoisotopic (exact) mass is 141 g/mol. The molecule has 2 aliphatic rings. The minimum atomic E-state index is -0.160. The molecule has 0 radical (unpaired) electrons. The first-order valence-electron chi connectivity index (χ1n) is 3.65. The Labute approximate surface area is 59.5 Å². The van der Waals surface area contributed by atoms with Crippen LogP contribution in [0.25, 0.3) is 0 Å². The van der Waals surface area contributed by atoms with Gasteiger partial charge in [-0.2, -0.15) is 0 Å². The second-order valence-electron chi connectivity index (χ2n) is 3.31. The summed E-state index contributed by atoms with van der Waals surface area (Å²) in [7, 11) is 0. The Balaban J connectivity index is 1.99. The number of carbonyl (C=O) groups is 1. The predicted molar refractivity (Wildman–Crippen MR) is 35.2 cm³/mol. The number of carbonyl (C=O) groups excluding carboxylic acids is 1. The summed E-state index contributed by atoms with van der Waals surface area (Å²) in [6, 6.07) is 0. The molecule has 2 atom stereocenters. The molecule has 0 aromatic carbocycles. The molecule has 56 valence electrons. The van der Waals surface area contributed by atoms with Crippen LogP contribution < -0.4 is 5.73 Å². The van der Waals surface area contributed by atoms with E-state index in [-0.39, 0.29) is 17.4 Å². The average Bonchev–Trinajstić information content (AvgIpc) is 2.41. The van der Waals surface area contributed by atoms with Crippen molar-refractivity contribution in [2.45, 2.75) is 24.9 Å². The highest BCUT2D eigenvalue weighted by Gasteiger charge is 2.51. The van der Waals surface area contributed by atoms with Crippen LogP contribution in [-0.4, -0.2) is 18.1 Å². The van der Waals surface area contributed by atoms with Gasteiger partial charge in [-0.3, -0.25) is 4.79 Å². The van der Waals surface area contributed by atoms with Gasteiger partial charge < -0.3 is 10.5 Å². The Hall–Kier alpha value is -0.570. The zero-order valence-electron chi connectivity index (χ0n) is 5.80. The lowest BCUT2D eigenvalue weighted by molar-refractivity contribution is -0.121. The van der Waals surface area contributed by atoms with E-state index in [1.54, 1.807) is 0 Å². The molecule has 3 heteroatoms. The van der Waals surface area contributed by atoms with Gasteiger partial charge in [0.15, 0.2) is 0 Å². The summed E-state index contributed by atoms with van der Waals surface area (Å²) in [5.41, 5.74) is 5.25. The molecule has 1 spiro atoms. The van der Waals surface area contributed by atoms with E-state index in [0.29, 0.717) is 0 Å². The van der Waals surface area contributed by atoms with Crippen LogP contribution in [0.5, 0.6) is 0 Å². The first kappa shape index (κ1) is 6.16. The van der Waals surface area contributed by atoms with Crippen molar-refractivity contribution in [2.24, 2.45) is 11.7 Å². The fraction of sp³-hybridized carbons (Fsp3) is 0.857. The number of hydrogen-bond acceptors (Lipinski definition) is 2. The maximum atomic E-state index is 10.7. The van der Waals surface area contributed by atoms with Gasteiger partial charge >= 0.3 is 0 Å². The van der Waals surface area contributed by atoms with Crippen molar-refractivity contribution in [3.63, 3.8) is 0 Å². The fourth-order valence-corrected chi connectivity index (χ4v) is 1.70. The molecule has 1 heterocycles. The number of rotatable bonds is 1. The van der Waals surface area contributed by atoms with Gasteiger partial charge in [0.25, 0.3) is 0 Å². The molecular weight excluding hydrogens is 130 g/mol. The Morgan fingerprint density at radius 2 is 2.40 bits per heavy atom. The van der Waals surface area contributed by atoms with Gasteiger partial charge in [-0.1, -0.05) is 0 Å². The van der Waals surface area contributed by atoms with Crippen molar-refractivity contribution >= 4 is 5.91 Å². The van der Waals surface area contributed by atoms with Crippen LogP contribution in [0, 0.1) is 5.92 Å². The molecule has 10 heavy (non-hydrogen) atoms. The molecule has 2 N–H and O–H groups in total. The molecule has 0 bridgehead atoms. The van der Waals surface area contributed by atoms with Crippen LogP contribution in [-0.2, 0) is 9.53 Å². The predicted octanol–water partition coefficient (Wildman–Crippen LogP) is 0.0408. The molecule has 2 rings (SSSR count). The van der Waals surface area contributed by atoms with Crippen molar-refractivity contribution < 1.29 is 9.53 Å². The maximum absolute atomic E-state index is 10.7. The molecule has 0 aromatic heterocycles. The third-order valence-electron chi connectivity index (χ3n) is 2.52. The summed E-state index contributed by atoms with van der Waals surface area (Å²) in [5, 5.41) is 0. The van der Waals surface area contributed by atoms with Crippen LogP contribution >= 0.6 is 0 Å². The fourth-order valence-electron chi connectivity index (χ4n) is 1.70. The van der Waals surface area contributed by atoms with Crippen LogP contribution in [0.1, 0.15) is 19.3 Å². The normalized spacial score (nSPS) is 44.2. The van der Waals surface area contributed by atoms with Gasteiger partial charge in [0.2, 0.25) is 5.91 Å². The van der Waals surface area contributed by atoms with Gasteiger partial charge in [0.1, 0.15) is 0 Å². The van der Waals surface area contributed by atoms with Gasteiger partial charge in [0, 0.05) is 5.92 Å². The quantitative estimate of drug-likeness (QED) is 0.524. The van der Waals surface area contributed by atoms with E-state index >= 15 is 0 Å². The molecule has 0 aromatic rings. The van der Waals surface area contributed by atoms with E-state index in [0.717, 1.165) is 25.9 Å². The lowest BCUT2D eigenvalue weighted by Gasteiger charge is -2.01. The third-order valence-corrected chi connectivity index (χ3v) is 2.52. The number of amides is 1. The Bertz CT molecular complexity index is 174. The summed E-state index contributed by atoms with van der Waals surface area (Å²) in [4.78, 5) is 10.7. The van der Waals surface area contributed by atoms with Crippen LogP contribution in [0.2, 0.25) is 0 Å². The van der Waals surface area contributed by atoms with E-state index in [1.807, 2.05) is 0 Å². The van der Waals surface area contributed by atoms with Crippen molar-refractivity contribution in [3.05, 3.63) is 0 Å². The average molecular weight is 141 g/mol. The summed E-state index contributed by atoms with van der Waals surface area (Å²) < 4.78 is 5.23. The van der Waals surface area contributed by atoms with E-state index < -0.39 is 0 Å².